The molecule has 3 rings (SSSR count). The van der Waals surface area contributed by atoms with E-state index in [4.69, 9.17) is 0 Å². The third-order valence-corrected chi connectivity index (χ3v) is 3.68. The molecule has 3 aromatic rings. The number of nitro groups is 1. The number of rotatable bonds is 5. The van der Waals surface area contributed by atoms with Gasteiger partial charge in [0.1, 0.15) is 0 Å². The van der Waals surface area contributed by atoms with Crippen molar-refractivity contribution in [3.05, 3.63) is 86.1 Å². The van der Waals surface area contributed by atoms with Crippen LogP contribution in [-0.2, 0) is 6.54 Å². The zero-order chi connectivity index (χ0) is 17.8. The molecule has 8 heteroatoms. The summed E-state index contributed by atoms with van der Waals surface area (Å²) < 4.78 is 1.34. The molecule has 25 heavy (non-hydrogen) atoms. The van der Waals surface area contributed by atoms with Crippen LogP contribution in [0.1, 0.15) is 16.8 Å². The highest BCUT2D eigenvalue weighted by atomic mass is 16.6. The first kappa shape index (κ1) is 16.3. The van der Waals surface area contributed by atoms with E-state index < -0.39 is 4.92 Å². The Morgan fingerprint density at radius 1 is 1.24 bits per heavy atom. The van der Waals surface area contributed by atoms with Gasteiger partial charge >= 0.3 is 0 Å². The molecule has 0 aliphatic carbocycles. The maximum atomic E-state index is 12.5. The van der Waals surface area contributed by atoms with E-state index in [1.54, 1.807) is 19.3 Å². The maximum Gasteiger partial charge on any atom is 0.280 e. The molecule has 1 N–H and O–H groups in total. The molecule has 0 spiro atoms. The number of nitro benzene ring substituents is 1. The van der Waals surface area contributed by atoms with Crippen LogP contribution in [0.4, 0.5) is 5.69 Å². The van der Waals surface area contributed by atoms with Crippen LogP contribution in [0.5, 0.6) is 0 Å². The normalized spacial score (nSPS) is 11.1. The van der Waals surface area contributed by atoms with E-state index in [2.05, 4.69) is 15.1 Å². The molecule has 0 saturated carbocycles. The molecule has 0 atom stereocenters. The number of benzene rings is 1. The van der Waals surface area contributed by atoms with Gasteiger partial charge in [-0.2, -0.15) is 0 Å². The summed E-state index contributed by atoms with van der Waals surface area (Å²) >= 11 is 0. The Labute approximate surface area is 142 Å². The third kappa shape index (κ3) is 3.52. The first-order chi connectivity index (χ1) is 12.1. The van der Waals surface area contributed by atoms with Gasteiger partial charge in [-0.05, 0) is 36.8 Å². The number of hydrogen-bond acceptors (Lipinski definition) is 5. The Morgan fingerprint density at radius 3 is 2.56 bits per heavy atom. The smallest absolute Gasteiger partial charge is 0.280 e. The molecule has 8 nitrogen and oxygen atoms in total. The molecule has 126 valence electrons. The average molecular weight is 337 g/mol. The number of non-ortho nitro benzene ring substituents is 1. The minimum atomic E-state index is -0.482. The van der Waals surface area contributed by atoms with Gasteiger partial charge in [-0.1, -0.05) is 0 Å². The second-order valence-corrected chi connectivity index (χ2v) is 5.39. The molecule has 0 bridgehead atoms. The highest BCUT2D eigenvalue weighted by Gasteiger charge is 2.12. The van der Waals surface area contributed by atoms with Crippen molar-refractivity contribution in [1.29, 1.82) is 0 Å². The summed E-state index contributed by atoms with van der Waals surface area (Å²) in [4.78, 5) is 31.0. The van der Waals surface area contributed by atoms with Gasteiger partial charge < -0.3 is 0 Å². The molecule has 0 fully saturated rings. The summed E-state index contributed by atoms with van der Waals surface area (Å²) in [5, 5.41) is 13.7. The first-order valence-electron chi connectivity index (χ1n) is 7.51. The molecule has 2 aromatic heterocycles. The number of nitrogens with zero attached hydrogens (tertiary/aromatic N) is 4. The Balaban J connectivity index is 1.85. The zero-order valence-electron chi connectivity index (χ0n) is 13.4. The molecule has 0 unspecified atom stereocenters. The van der Waals surface area contributed by atoms with E-state index in [1.165, 1.54) is 35.2 Å². The molecule has 0 radical (unpaired) electrons. The summed E-state index contributed by atoms with van der Waals surface area (Å²) in [5.41, 5.74) is 2.35. The molecular formula is C17H15N5O3. The largest absolute Gasteiger partial charge is 0.295 e. The lowest BCUT2D eigenvalue weighted by molar-refractivity contribution is -0.384. The Hall–Kier alpha value is -3.55. The van der Waals surface area contributed by atoms with Crippen molar-refractivity contribution < 1.29 is 4.92 Å². The van der Waals surface area contributed by atoms with Crippen LogP contribution in [0, 0.1) is 17.0 Å². The van der Waals surface area contributed by atoms with Crippen LogP contribution < -0.4 is 5.56 Å². The molecular weight excluding hydrogens is 322 g/mol. The van der Waals surface area contributed by atoms with Crippen LogP contribution in [0.2, 0.25) is 0 Å². The van der Waals surface area contributed by atoms with Crippen molar-refractivity contribution in [2.45, 2.75) is 13.5 Å². The summed E-state index contributed by atoms with van der Waals surface area (Å²) in [5.74, 6) is 0. The van der Waals surface area contributed by atoms with E-state index in [-0.39, 0.29) is 11.2 Å². The summed E-state index contributed by atoms with van der Waals surface area (Å²) in [6, 6.07) is 9.47. The Kier molecular flexibility index (Phi) is 4.51. The van der Waals surface area contributed by atoms with Crippen molar-refractivity contribution in [3.63, 3.8) is 0 Å². The van der Waals surface area contributed by atoms with Crippen molar-refractivity contribution >= 4 is 11.9 Å². The van der Waals surface area contributed by atoms with Gasteiger partial charge in [-0.3, -0.25) is 30.0 Å². The lowest BCUT2D eigenvalue weighted by Crippen LogP contribution is -2.17. The van der Waals surface area contributed by atoms with Gasteiger partial charge in [-0.15, -0.1) is 0 Å². The van der Waals surface area contributed by atoms with E-state index >= 15 is 0 Å². The molecule has 0 amide bonds. The highest BCUT2D eigenvalue weighted by molar-refractivity contribution is 5.80. The summed E-state index contributed by atoms with van der Waals surface area (Å²) in [7, 11) is 0. The standard InChI is InChI=1S/C17H15N5O3/c1-12-16(11-19-10-13-6-8-18-9-7-13)17(23)21(20-12)14-2-4-15(5-3-14)22(24)25/h2-9,11,20H,10H2,1H3. The van der Waals surface area contributed by atoms with Gasteiger partial charge in [0.05, 0.1) is 22.7 Å². The minimum Gasteiger partial charge on any atom is -0.295 e. The van der Waals surface area contributed by atoms with Crippen molar-refractivity contribution in [2.75, 3.05) is 0 Å². The number of pyridine rings is 1. The van der Waals surface area contributed by atoms with Gasteiger partial charge in [0, 0.05) is 36.4 Å². The number of aryl methyl sites for hydroxylation is 1. The monoisotopic (exact) mass is 337 g/mol. The molecule has 0 aliphatic heterocycles. The Bertz CT molecular complexity index is 972. The van der Waals surface area contributed by atoms with Gasteiger partial charge in [-0.25, -0.2) is 4.68 Å². The van der Waals surface area contributed by atoms with Crippen LogP contribution in [0.3, 0.4) is 0 Å². The second kappa shape index (κ2) is 6.91. The number of aromatic nitrogens is 3. The van der Waals surface area contributed by atoms with Crippen LogP contribution >= 0.6 is 0 Å². The summed E-state index contributed by atoms with van der Waals surface area (Å²) in [6.07, 6.45) is 4.92. The predicted octanol–water partition coefficient (Wildman–Crippen LogP) is 2.40. The van der Waals surface area contributed by atoms with Crippen LogP contribution in [0.25, 0.3) is 5.69 Å². The van der Waals surface area contributed by atoms with Crippen LogP contribution in [-0.4, -0.2) is 25.9 Å². The van der Waals surface area contributed by atoms with Gasteiger partial charge in [0.2, 0.25) is 0 Å². The van der Waals surface area contributed by atoms with Crippen LogP contribution in [0.15, 0.2) is 58.6 Å². The van der Waals surface area contributed by atoms with E-state index in [9.17, 15) is 14.9 Å². The number of aromatic amines is 1. The number of hydrogen-bond donors (Lipinski definition) is 1. The van der Waals surface area contributed by atoms with Crippen molar-refractivity contribution in [1.82, 2.24) is 14.8 Å². The molecule has 2 heterocycles. The molecule has 0 saturated heterocycles. The fraction of sp³-hybridized carbons (Fsp3) is 0.118. The average Bonchev–Trinajstić information content (AvgIpc) is 2.91. The maximum absolute atomic E-state index is 12.5. The minimum absolute atomic E-state index is 0.0285. The third-order valence-electron chi connectivity index (χ3n) is 3.68. The highest BCUT2D eigenvalue weighted by Crippen LogP contribution is 2.14. The summed E-state index contributed by atoms with van der Waals surface area (Å²) in [6.45, 7) is 2.22. The van der Waals surface area contributed by atoms with Crippen molar-refractivity contribution in [3.8, 4) is 5.69 Å². The molecule has 0 aliphatic rings. The SMILES string of the molecule is Cc1[nH]n(-c2ccc([N+](=O)[O-])cc2)c(=O)c1C=NCc1ccncc1. The number of nitrogens with one attached hydrogen (secondary N) is 1. The topological polar surface area (TPSA) is 106 Å². The van der Waals surface area contributed by atoms with E-state index in [0.717, 1.165) is 5.56 Å². The van der Waals surface area contributed by atoms with Gasteiger partial charge in [0.15, 0.2) is 0 Å². The first-order valence-corrected chi connectivity index (χ1v) is 7.51. The fourth-order valence-electron chi connectivity index (χ4n) is 2.35. The van der Waals surface area contributed by atoms with Gasteiger partial charge in [0.25, 0.3) is 11.2 Å². The fourth-order valence-corrected chi connectivity index (χ4v) is 2.35. The van der Waals surface area contributed by atoms with Crippen molar-refractivity contribution in [2.24, 2.45) is 4.99 Å². The number of H-pyrrole nitrogens is 1. The van der Waals surface area contributed by atoms with E-state index in [1.807, 2.05) is 12.1 Å². The predicted molar refractivity (Wildman–Crippen MR) is 93.3 cm³/mol. The molecule has 1 aromatic carbocycles. The lowest BCUT2D eigenvalue weighted by atomic mass is 10.2. The number of aliphatic imine (C=N–C) groups is 1. The second-order valence-electron chi connectivity index (χ2n) is 5.39. The van der Waals surface area contributed by atoms with E-state index in [0.29, 0.717) is 23.5 Å². The lowest BCUT2D eigenvalue weighted by Gasteiger charge is -2.00. The zero-order valence-corrected chi connectivity index (χ0v) is 13.4. The Morgan fingerprint density at radius 2 is 1.92 bits per heavy atom. The quantitative estimate of drug-likeness (QED) is 0.438.